The predicted octanol–water partition coefficient (Wildman–Crippen LogP) is 2.00. The Bertz CT molecular complexity index is 687. The van der Waals surface area contributed by atoms with Crippen LogP contribution in [0.3, 0.4) is 0 Å². The van der Waals surface area contributed by atoms with E-state index in [4.69, 9.17) is 17.3 Å². The molecule has 0 aliphatic rings. The van der Waals surface area contributed by atoms with E-state index in [1.165, 1.54) is 29.5 Å². The second-order valence-corrected chi connectivity index (χ2v) is 7.06. The van der Waals surface area contributed by atoms with Gasteiger partial charge in [0.15, 0.2) is 0 Å². The molecule has 1 aromatic carbocycles. The van der Waals surface area contributed by atoms with Crippen LogP contribution in [0.15, 0.2) is 39.9 Å². The molecule has 20 heavy (non-hydrogen) atoms. The third kappa shape index (κ3) is 3.50. The monoisotopic (exact) mass is 332 g/mol. The van der Waals surface area contributed by atoms with Crippen molar-refractivity contribution >= 4 is 38.6 Å². The summed E-state index contributed by atoms with van der Waals surface area (Å²) >= 11 is 7.16. The number of anilines is 1. The van der Waals surface area contributed by atoms with Gasteiger partial charge in [-0.1, -0.05) is 11.6 Å². The Hall–Kier alpha value is -1.12. The Morgan fingerprint density at radius 3 is 2.75 bits per heavy atom. The minimum Gasteiger partial charge on any atom is -0.398 e. The zero-order valence-corrected chi connectivity index (χ0v) is 12.7. The average Bonchev–Trinajstić information content (AvgIpc) is 2.89. The van der Waals surface area contributed by atoms with Crippen LogP contribution in [0.1, 0.15) is 11.7 Å². The summed E-state index contributed by atoms with van der Waals surface area (Å²) in [6.45, 7) is -0.124. The van der Waals surface area contributed by atoms with Crippen LogP contribution in [-0.2, 0) is 10.0 Å². The Kier molecular flexibility index (Phi) is 4.66. The van der Waals surface area contributed by atoms with E-state index in [1.54, 1.807) is 11.4 Å². The minimum absolute atomic E-state index is 0.0561. The summed E-state index contributed by atoms with van der Waals surface area (Å²) in [7, 11) is -3.78. The number of sulfonamides is 1. The second-order valence-electron chi connectivity index (χ2n) is 4.11. The highest BCUT2D eigenvalue weighted by atomic mass is 35.5. The summed E-state index contributed by atoms with van der Waals surface area (Å²) in [5.74, 6) is 0. The lowest BCUT2D eigenvalue weighted by molar-refractivity contribution is 0.182. The van der Waals surface area contributed by atoms with Crippen molar-refractivity contribution in [3.63, 3.8) is 0 Å². The third-order valence-corrected chi connectivity index (χ3v) is 5.09. The molecule has 8 heteroatoms. The molecule has 0 aliphatic heterocycles. The summed E-state index contributed by atoms with van der Waals surface area (Å²) in [5, 5.41) is 13.8. The highest BCUT2D eigenvalue weighted by Crippen LogP contribution is 2.23. The van der Waals surface area contributed by atoms with E-state index in [-0.39, 0.29) is 17.1 Å². The van der Waals surface area contributed by atoms with E-state index in [9.17, 15) is 13.5 Å². The van der Waals surface area contributed by atoms with Gasteiger partial charge in [0.05, 0.1) is 11.8 Å². The molecule has 1 aromatic heterocycles. The van der Waals surface area contributed by atoms with Gasteiger partial charge in [-0.15, -0.1) is 0 Å². The highest BCUT2D eigenvalue weighted by molar-refractivity contribution is 7.89. The fourth-order valence-corrected chi connectivity index (χ4v) is 3.65. The smallest absolute Gasteiger partial charge is 0.242 e. The molecule has 1 atom stereocenters. The van der Waals surface area contributed by atoms with Crippen LogP contribution in [0, 0.1) is 0 Å². The van der Waals surface area contributed by atoms with Crippen molar-refractivity contribution in [1.82, 2.24) is 4.72 Å². The van der Waals surface area contributed by atoms with Crippen LogP contribution in [0.5, 0.6) is 0 Å². The van der Waals surface area contributed by atoms with Crippen LogP contribution in [0.4, 0.5) is 5.69 Å². The van der Waals surface area contributed by atoms with Crippen LogP contribution < -0.4 is 10.5 Å². The standard InChI is InChI=1S/C12H13ClN2O3S2/c13-9-1-2-12(10(14)5-9)20(17,18)15-6-11(16)8-3-4-19-7-8/h1-5,7,11,15-16H,6,14H2. The number of aliphatic hydroxyl groups excluding tert-OH is 1. The fraction of sp³-hybridized carbons (Fsp3) is 0.167. The van der Waals surface area contributed by atoms with Crippen LogP contribution in [0.25, 0.3) is 0 Å². The molecule has 0 saturated heterocycles. The molecule has 1 heterocycles. The highest BCUT2D eigenvalue weighted by Gasteiger charge is 2.19. The Morgan fingerprint density at radius 1 is 1.40 bits per heavy atom. The molecule has 2 aromatic rings. The lowest BCUT2D eigenvalue weighted by atomic mass is 10.2. The number of halogens is 1. The van der Waals surface area contributed by atoms with Gasteiger partial charge in [-0.3, -0.25) is 0 Å². The van der Waals surface area contributed by atoms with E-state index in [0.29, 0.717) is 10.6 Å². The van der Waals surface area contributed by atoms with Crippen molar-refractivity contribution in [3.05, 3.63) is 45.6 Å². The predicted molar refractivity (Wildman–Crippen MR) is 80.3 cm³/mol. The number of aliphatic hydroxyl groups is 1. The lowest BCUT2D eigenvalue weighted by Crippen LogP contribution is -2.29. The number of nitrogens with two attached hydrogens (primary N) is 1. The largest absolute Gasteiger partial charge is 0.398 e. The normalized spacial score (nSPS) is 13.3. The topological polar surface area (TPSA) is 92.4 Å². The van der Waals surface area contributed by atoms with E-state index < -0.39 is 16.1 Å². The van der Waals surface area contributed by atoms with E-state index in [0.717, 1.165) is 0 Å². The van der Waals surface area contributed by atoms with Crippen LogP contribution >= 0.6 is 22.9 Å². The molecular weight excluding hydrogens is 320 g/mol. The quantitative estimate of drug-likeness (QED) is 0.730. The van der Waals surface area contributed by atoms with Crippen LogP contribution in [-0.4, -0.2) is 20.1 Å². The molecule has 0 bridgehead atoms. The molecule has 5 nitrogen and oxygen atoms in total. The number of hydrogen-bond acceptors (Lipinski definition) is 5. The zero-order chi connectivity index (χ0) is 14.8. The van der Waals surface area contributed by atoms with Gasteiger partial charge >= 0.3 is 0 Å². The Morgan fingerprint density at radius 2 is 2.15 bits per heavy atom. The van der Waals surface area contributed by atoms with Gasteiger partial charge in [-0.2, -0.15) is 11.3 Å². The zero-order valence-electron chi connectivity index (χ0n) is 10.3. The molecule has 0 radical (unpaired) electrons. The molecular formula is C12H13ClN2O3S2. The molecule has 0 spiro atoms. The number of hydrogen-bond donors (Lipinski definition) is 3. The first-order valence-corrected chi connectivity index (χ1v) is 8.45. The molecule has 1 unspecified atom stereocenters. The molecule has 2 rings (SSSR count). The van der Waals surface area contributed by atoms with E-state index in [2.05, 4.69) is 4.72 Å². The SMILES string of the molecule is Nc1cc(Cl)ccc1S(=O)(=O)NCC(O)c1ccsc1. The summed E-state index contributed by atoms with van der Waals surface area (Å²) in [5.41, 5.74) is 6.38. The number of nitrogen functional groups attached to an aromatic ring is 1. The number of nitrogens with one attached hydrogen (secondary N) is 1. The molecule has 0 aliphatic carbocycles. The van der Waals surface area contributed by atoms with E-state index >= 15 is 0 Å². The third-order valence-electron chi connectivity index (χ3n) is 2.66. The maximum absolute atomic E-state index is 12.1. The van der Waals surface area contributed by atoms with Gasteiger partial charge < -0.3 is 10.8 Å². The summed E-state index contributed by atoms with van der Waals surface area (Å²) in [6, 6.07) is 5.88. The van der Waals surface area contributed by atoms with Crippen molar-refractivity contribution in [3.8, 4) is 0 Å². The maximum atomic E-state index is 12.1. The molecule has 0 amide bonds. The first kappa shape index (κ1) is 15.3. The van der Waals surface area contributed by atoms with Crippen molar-refractivity contribution < 1.29 is 13.5 Å². The number of thiophene rings is 1. The molecule has 0 fully saturated rings. The minimum atomic E-state index is -3.78. The van der Waals surface area contributed by atoms with Crippen molar-refractivity contribution in [1.29, 1.82) is 0 Å². The molecule has 0 saturated carbocycles. The number of benzene rings is 1. The van der Waals surface area contributed by atoms with Crippen LogP contribution in [0.2, 0.25) is 5.02 Å². The van der Waals surface area contributed by atoms with Gasteiger partial charge in [0.2, 0.25) is 10.0 Å². The van der Waals surface area contributed by atoms with Gasteiger partial charge in [-0.05, 0) is 40.6 Å². The van der Waals surface area contributed by atoms with Crippen molar-refractivity contribution in [2.24, 2.45) is 0 Å². The Balaban J connectivity index is 2.11. The van der Waals surface area contributed by atoms with Gasteiger partial charge in [0, 0.05) is 11.6 Å². The summed E-state index contributed by atoms with van der Waals surface area (Å²) < 4.78 is 26.5. The fourth-order valence-electron chi connectivity index (χ4n) is 1.61. The lowest BCUT2D eigenvalue weighted by Gasteiger charge is -2.12. The Labute approximate surface area is 126 Å². The summed E-state index contributed by atoms with van der Waals surface area (Å²) in [6.07, 6.45) is -0.899. The van der Waals surface area contributed by atoms with Gasteiger partial charge in [-0.25, -0.2) is 13.1 Å². The number of rotatable bonds is 5. The average molecular weight is 333 g/mol. The van der Waals surface area contributed by atoms with Crippen molar-refractivity contribution in [2.75, 3.05) is 12.3 Å². The van der Waals surface area contributed by atoms with E-state index in [1.807, 2.05) is 5.38 Å². The van der Waals surface area contributed by atoms with Crippen molar-refractivity contribution in [2.45, 2.75) is 11.0 Å². The van der Waals surface area contributed by atoms with Gasteiger partial charge in [0.25, 0.3) is 0 Å². The first-order valence-electron chi connectivity index (χ1n) is 5.65. The molecule has 4 N–H and O–H groups in total. The second kappa shape index (κ2) is 6.11. The maximum Gasteiger partial charge on any atom is 0.242 e. The van der Waals surface area contributed by atoms with Gasteiger partial charge in [0.1, 0.15) is 4.90 Å². The first-order chi connectivity index (χ1) is 9.40. The molecule has 108 valence electrons. The summed E-state index contributed by atoms with van der Waals surface area (Å²) in [4.78, 5) is -0.0561.